The summed E-state index contributed by atoms with van der Waals surface area (Å²) < 4.78 is 18.3. The van der Waals surface area contributed by atoms with Crippen molar-refractivity contribution in [1.29, 1.82) is 0 Å². The molecule has 1 fully saturated rings. The zero-order valence-electron chi connectivity index (χ0n) is 23.9. The number of fused-ring (bicyclic) bond motifs is 1. The van der Waals surface area contributed by atoms with E-state index in [4.69, 9.17) is 14.2 Å². The number of nitrogens with zero attached hydrogens (tertiary/aromatic N) is 4. The minimum absolute atomic E-state index is 0.0609. The summed E-state index contributed by atoms with van der Waals surface area (Å²) in [4.78, 5) is 45.9. The molecule has 1 aromatic heterocycles. The summed E-state index contributed by atoms with van der Waals surface area (Å²) in [7, 11) is 3.05. The van der Waals surface area contributed by atoms with Crippen LogP contribution in [0.5, 0.6) is 11.5 Å². The summed E-state index contributed by atoms with van der Waals surface area (Å²) in [6.45, 7) is 5.23. The van der Waals surface area contributed by atoms with Crippen molar-refractivity contribution >= 4 is 34.8 Å². The van der Waals surface area contributed by atoms with Gasteiger partial charge in [0.25, 0.3) is 11.2 Å². The number of esters is 1. The second-order valence-electron chi connectivity index (χ2n) is 9.96. The third kappa shape index (κ3) is 5.41. The first-order valence-electron chi connectivity index (χ1n) is 13.7. The summed E-state index contributed by atoms with van der Waals surface area (Å²) >= 11 is 1.16. The minimum atomic E-state index is -0.904. The van der Waals surface area contributed by atoms with Gasteiger partial charge in [-0.2, -0.15) is 0 Å². The smallest absolute Gasteiger partial charge is 0.338 e. The Kier molecular flexibility index (Phi) is 8.44. The van der Waals surface area contributed by atoms with Gasteiger partial charge in [0, 0.05) is 42.0 Å². The summed E-state index contributed by atoms with van der Waals surface area (Å²) in [5.74, 6) is 0.389. The second-order valence-corrected chi connectivity index (χ2v) is 11.0. The molecule has 0 amide bonds. The molecule has 3 heterocycles. The molecule has 0 saturated carbocycles. The van der Waals surface area contributed by atoms with Crippen LogP contribution in [0.1, 0.15) is 50.3 Å². The number of carbonyl (C=O) groups excluding carboxylic acids is 1. The summed E-state index contributed by atoms with van der Waals surface area (Å²) in [5.41, 5.74) is 2.13. The van der Waals surface area contributed by atoms with Gasteiger partial charge >= 0.3 is 5.97 Å². The van der Waals surface area contributed by atoms with Crippen LogP contribution in [0.4, 0.5) is 11.4 Å². The van der Waals surface area contributed by atoms with Gasteiger partial charge in [0.15, 0.2) is 4.80 Å². The van der Waals surface area contributed by atoms with E-state index in [0.29, 0.717) is 37.7 Å². The number of hydrogen-bond acceptors (Lipinski definition) is 10. The Morgan fingerprint density at radius 1 is 1.14 bits per heavy atom. The molecule has 220 valence electrons. The van der Waals surface area contributed by atoms with Crippen molar-refractivity contribution in [2.75, 3.05) is 38.8 Å². The van der Waals surface area contributed by atoms with E-state index < -0.39 is 16.9 Å². The van der Waals surface area contributed by atoms with Crippen LogP contribution in [0.25, 0.3) is 6.08 Å². The molecule has 0 N–H and O–H groups in total. The number of allylic oxidation sites excluding steroid dienone is 1. The van der Waals surface area contributed by atoms with E-state index in [9.17, 15) is 19.7 Å². The van der Waals surface area contributed by atoms with Gasteiger partial charge in [0.1, 0.15) is 17.5 Å². The maximum absolute atomic E-state index is 14.2. The molecule has 2 aromatic carbocycles. The molecule has 0 bridgehead atoms. The highest BCUT2D eigenvalue weighted by molar-refractivity contribution is 7.07. The van der Waals surface area contributed by atoms with Gasteiger partial charge in [-0.05, 0) is 63.5 Å². The number of nitro benzene ring substituents is 1. The summed E-state index contributed by atoms with van der Waals surface area (Å²) in [6, 6.07) is 9.02. The quantitative estimate of drug-likeness (QED) is 0.220. The molecule has 42 heavy (non-hydrogen) atoms. The fraction of sp³-hybridized carbons (Fsp3) is 0.367. The summed E-state index contributed by atoms with van der Waals surface area (Å²) in [5, 5.41) is 11.6. The standard InChI is InChI=1S/C30H32N4O7S/c1-5-41-29(36)26-18(2)31-30-33(27(26)22-17-21(39-3)10-12-24(22)40-4)28(35)25(42-30)16-19-15-20(34(37)38)9-11-23(19)32-13-7-6-8-14-32/h9-12,15-17,27H,5-8,13-14H2,1-4H3/b25-16+/t27-/m0/s1. The highest BCUT2D eigenvalue weighted by Gasteiger charge is 2.35. The fourth-order valence-electron chi connectivity index (χ4n) is 5.47. The topological polar surface area (TPSA) is 126 Å². The second kappa shape index (κ2) is 12.2. The van der Waals surface area contributed by atoms with E-state index >= 15 is 0 Å². The van der Waals surface area contributed by atoms with Crippen LogP contribution < -0.4 is 29.3 Å². The highest BCUT2D eigenvalue weighted by Crippen LogP contribution is 2.38. The Morgan fingerprint density at radius 3 is 2.57 bits per heavy atom. The van der Waals surface area contributed by atoms with Crippen molar-refractivity contribution in [3.05, 3.63) is 88.6 Å². The van der Waals surface area contributed by atoms with Gasteiger partial charge in [-0.15, -0.1) is 0 Å². The van der Waals surface area contributed by atoms with Gasteiger partial charge in [-0.1, -0.05) is 11.3 Å². The van der Waals surface area contributed by atoms with Crippen molar-refractivity contribution < 1.29 is 23.9 Å². The van der Waals surface area contributed by atoms with Gasteiger partial charge in [0.05, 0.1) is 41.6 Å². The van der Waals surface area contributed by atoms with Crippen LogP contribution in [0.15, 0.2) is 57.5 Å². The zero-order valence-corrected chi connectivity index (χ0v) is 24.7. The first kappa shape index (κ1) is 29.1. The molecular weight excluding hydrogens is 560 g/mol. The summed E-state index contributed by atoms with van der Waals surface area (Å²) in [6.07, 6.45) is 4.87. The Hall–Kier alpha value is -4.45. The fourth-order valence-corrected chi connectivity index (χ4v) is 6.51. The average molecular weight is 593 g/mol. The molecule has 2 aliphatic heterocycles. The molecule has 3 aromatic rings. The number of nitro groups is 1. The van der Waals surface area contributed by atoms with E-state index in [2.05, 4.69) is 9.89 Å². The van der Waals surface area contributed by atoms with Crippen LogP contribution in [0.2, 0.25) is 0 Å². The van der Waals surface area contributed by atoms with Gasteiger partial charge < -0.3 is 19.1 Å². The number of piperidine rings is 1. The van der Waals surface area contributed by atoms with Crippen molar-refractivity contribution in [1.82, 2.24) is 4.57 Å². The van der Waals surface area contributed by atoms with Gasteiger partial charge in [-0.25, -0.2) is 9.79 Å². The molecule has 11 nitrogen and oxygen atoms in total. The molecule has 2 aliphatic rings. The van der Waals surface area contributed by atoms with Crippen LogP contribution >= 0.6 is 11.3 Å². The largest absolute Gasteiger partial charge is 0.497 e. The molecule has 0 radical (unpaired) electrons. The number of non-ortho nitro benzene ring substituents is 1. The van der Waals surface area contributed by atoms with E-state index in [1.807, 2.05) is 0 Å². The first-order chi connectivity index (χ1) is 20.3. The van der Waals surface area contributed by atoms with Crippen molar-refractivity contribution in [2.24, 2.45) is 4.99 Å². The van der Waals surface area contributed by atoms with E-state index in [1.54, 1.807) is 44.2 Å². The van der Waals surface area contributed by atoms with Crippen LogP contribution in [-0.4, -0.2) is 49.4 Å². The van der Waals surface area contributed by atoms with Crippen LogP contribution in [0, 0.1) is 10.1 Å². The van der Waals surface area contributed by atoms with Gasteiger partial charge in [0.2, 0.25) is 0 Å². The van der Waals surface area contributed by atoms with E-state index in [1.165, 1.54) is 30.9 Å². The lowest BCUT2D eigenvalue weighted by Crippen LogP contribution is -2.40. The predicted molar refractivity (Wildman–Crippen MR) is 159 cm³/mol. The third-order valence-electron chi connectivity index (χ3n) is 7.45. The Labute approximate surface area is 246 Å². The number of carbonyl (C=O) groups is 1. The number of rotatable bonds is 8. The number of anilines is 1. The molecule has 5 rings (SSSR count). The Morgan fingerprint density at radius 2 is 1.90 bits per heavy atom. The molecular formula is C30H32N4O7S. The first-order valence-corrected chi connectivity index (χ1v) is 14.5. The minimum Gasteiger partial charge on any atom is -0.497 e. The highest BCUT2D eigenvalue weighted by atomic mass is 32.1. The number of aromatic nitrogens is 1. The maximum Gasteiger partial charge on any atom is 0.338 e. The van der Waals surface area contributed by atoms with Crippen molar-refractivity contribution in [2.45, 2.75) is 39.2 Å². The predicted octanol–water partition coefficient (Wildman–Crippen LogP) is 3.71. The molecule has 0 unspecified atom stereocenters. The van der Waals surface area contributed by atoms with Crippen LogP contribution in [0.3, 0.4) is 0 Å². The lowest BCUT2D eigenvalue weighted by Gasteiger charge is -2.30. The van der Waals surface area contributed by atoms with Gasteiger partial charge in [-0.3, -0.25) is 19.5 Å². The van der Waals surface area contributed by atoms with E-state index in [-0.39, 0.29) is 23.4 Å². The van der Waals surface area contributed by atoms with Crippen molar-refractivity contribution in [3.63, 3.8) is 0 Å². The Bertz CT molecular complexity index is 1750. The SMILES string of the molecule is CCOC(=O)C1=C(C)N=c2s/c(=C/c3cc([N+](=O)[O-])ccc3N3CCCCC3)c(=O)n2[C@H]1c1cc(OC)ccc1OC. The molecule has 0 spiro atoms. The van der Waals surface area contributed by atoms with E-state index in [0.717, 1.165) is 49.4 Å². The van der Waals surface area contributed by atoms with Crippen molar-refractivity contribution in [3.8, 4) is 11.5 Å². The zero-order chi connectivity index (χ0) is 30.0. The Balaban J connectivity index is 1.76. The number of thiazole rings is 1. The number of hydrogen-bond donors (Lipinski definition) is 0. The number of ether oxygens (including phenoxy) is 3. The third-order valence-corrected chi connectivity index (χ3v) is 8.44. The number of benzene rings is 2. The van der Waals surface area contributed by atoms with Crippen LogP contribution in [-0.2, 0) is 9.53 Å². The molecule has 12 heteroatoms. The molecule has 0 aliphatic carbocycles. The molecule has 1 atom stereocenters. The normalized spacial score (nSPS) is 17.0. The number of methoxy groups -OCH3 is 2. The monoisotopic (exact) mass is 592 g/mol. The lowest BCUT2D eigenvalue weighted by molar-refractivity contribution is -0.384. The maximum atomic E-state index is 14.2. The molecule has 1 saturated heterocycles. The average Bonchev–Trinajstić information content (AvgIpc) is 3.30. The lowest BCUT2D eigenvalue weighted by atomic mass is 9.94.